The summed E-state index contributed by atoms with van der Waals surface area (Å²) in [6.45, 7) is 1.51. The topological polar surface area (TPSA) is 42.9 Å². The fraction of sp³-hybridized carbons (Fsp3) is 0.278. The second kappa shape index (κ2) is 7.49. The van der Waals surface area contributed by atoms with Gasteiger partial charge >= 0.3 is 0 Å². The summed E-state index contributed by atoms with van der Waals surface area (Å²) in [6, 6.07) is 15.7. The van der Waals surface area contributed by atoms with Gasteiger partial charge in [0.05, 0.1) is 12.8 Å². The standard InChI is InChI=1S/C18H19ClN2O2/c1-22-16-7-5-14(6-8-16)18-10-17(23-21-18)12-20-11-13-3-2-4-15(19)9-13/h2-9,17,20H,10-12H2,1H3/t17-/m0/s1. The molecule has 1 aliphatic heterocycles. The lowest BCUT2D eigenvalue weighted by atomic mass is 10.0. The minimum absolute atomic E-state index is 0.0614. The third-order valence-electron chi connectivity index (χ3n) is 3.75. The first kappa shape index (κ1) is 15.8. The fourth-order valence-corrected chi connectivity index (χ4v) is 2.73. The second-order valence-electron chi connectivity index (χ2n) is 5.46. The predicted molar refractivity (Wildman–Crippen MR) is 92.2 cm³/mol. The van der Waals surface area contributed by atoms with Crippen molar-refractivity contribution in [2.24, 2.45) is 5.16 Å². The zero-order valence-electron chi connectivity index (χ0n) is 13.0. The van der Waals surface area contributed by atoms with Crippen molar-refractivity contribution in [2.45, 2.75) is 19.1 Å². The minimum atomic E-state index is 0.0614. The molecule has 0 unspecified atom stereocenters. The first-order chi connectivity index (χ1) is 11.2. The van der Waals surface area contributed by atoms with E-state index in [0.29, 0.717) is 0 Å². The molecule has 1 N–H and O–H groups in total. The van der Waals surface area contributed by atoms with Crippen LogP contribution in [-0.2, 0) is 11.4 Å². The zero-order chi connectivity index (χ0) is 16.1. The van der Waals surface area contributed by atoms with Crippen molar-refractivity contribution >= 4 is 17.3 Å². The van der Waals surface area contributed by atoms with Gasteiger partial charge in [-0.15, -0.1) is 0 Å². The molecule has 0 fully saturated rings. The summed E-state index contributed by atoms with van der Waals surface area (Å²) in [6.07, 6.45) is 0.862. The molecular formula is C18H19ClN2O2. The van der Waals surface area contributed by atoms with E-state index < -0.39 is 0 Å². The van der Waals surface area contributed by atoms with Gasteiger partial charge in [0.15, 0.2) is 0 Å². The Kier molecular flexibility index (Phi) is 5.16. The van der Waals surface area contributed by atoms with Gasteiger partial charge < -0.3 is 14.9 Å². The van der Waals surface area contributed by atoms with Gasteiger partial charge in [-0.2, -0.15) is 0 Å². The van der Waals surface area contributed by atoms with Crippen molar-refractivity contribution < 1.29 is 9.57 Å². The molecule has 0 amide bonds. The monoisotopic (exact) mass is 330 g/mol. The third-order valence-corrected chi connectivity index (χ3v) is 3.98. The molecule has 0 saturated carbocycles. The van der Waals surface area contributed by atoms with Crippen LogP contribution in [0.3, 0.4) is 0 Å². The highest BCUT2D eigenvalue weighted by Crippen LogP contribution is 2.19. The normalized spacial score (nSPS) is 16.8. The van der Waals surface area contributed by atoms with Crippen LogP contribution in [0.1, 0.15) is 17.5 Å². The van der Waals surface area contributed by atoms with Crippen LogP contribution < -0.4 is 10.1 Å². The lowest BCUT2D eigenvalue weighted by Crippen LogP contribution is -2.26. The molecule has 2 aromatic carbocycles. The third kappa shape index (κ3) is 4.24. The Morgan fingerprint density at radius 3 is 2.83 bits per heavy atom. The Balaban J connectivity index is 1.47. The molecule has 23 heavy (non-hydrogen) atoms. The fourth-order valence-electron chi connectivity index (χ4n) is 2.52. The van der Waals surface area contributed by atoms with Gasteiger partial charge in [0, 0.05) is 24.5 Å². The second-order valence-corrected chi connectivity index (χ2v) is 5.90. The Labute approximate surface area is 141 Å². The molecule has 0 aliphatic carbocycles. The molecule has 1 aliphatic rings. The Hall–Kier alpha value is -2.04. The molecule has 2 aromatic rings. The van der Waals surface area contributed by atoms with Gasteiger partial charge in [-0.25, -0.2) is 0 Å². The van der Waals surface area contributed by atoms with Crippen LogP contribution in [0, 0.1) is 0 Å². The van der Waals surface area contributed by atoms with Crippen molar-refractivity contribution in [3.05, 3.63) is 64.7 Å². The van der Waals surface area contributed by atoms with E-state index in [-0.39, 0.29) is 6.10 Å². The van der Waals surface area contributed by atoms with E-state index in [9.17, 15) is 0 Å². The summed E-state index contributed by atoms with van der Waals surface area (Å²) in [4.78, 5) is 5.51. The molecule has 5 heteroatoms. The van der Waals surface area contributed by atoms with Gasteiger partial charge in [-0.05, 0) is 47.5 Å². The van der Waals surface area contributed by atoms with E-state index in [1.165, 1.54) is 0 Å². The number of halogens is 1. The van der Waals surface area contributed by atoms with Gasteiger partial charge in [0.2, 0.25) is 0 Å². The van der Waals surface area contributed by atoms with Crippen molar-refractivity contribution in [2.75, 3.05) is 13.7 Å². The molecular weight excluding hydrogens is 312 g/mol. The average Bonchev–Trinajstić information content (AvgIpc) is 3.04. The number of benzene rings is 2. The van der Waals surface area contributed by atoms with E-state index in [1.807, 2.05) is 48.5 Å². The van der Waals surface area contributed by atoms with Gasteiger partial charge in [-0.3, -0.25) is 0 Å². The first-order valence-electron chi connectivity index (χ1n) is 7.57. The number of rotatable bonds is 6. The van der Waals surface area contributed by atoms with Crippen LogP contribution in [0.4, 0.5) is 0 Å². The molecule has 4 nitrogen and oxygen atoms in total. The van der Waals surface area contributed by atoms with E-state index in [2.05, 4.69) is 10.5 Å². The van der Waals surface area contributed by atoms with Gasteiger partial charge in [0.25, 0.3) is 0 Å². The van der Waals surface area contributed by atoms with Crippen LogP contribution in [0.5, 0.6) is 5.75 Å². The zero-order valence-corrected chi connectivity index (χ0v) is 13.7. The lowest BCUT2D eigenvalue weighted by Gasteiger charge is -2.10. The molecule has 0 spiro atoms. The number of oxime groups is 1. The van der Waals surface area contributed by atoms with E-state index >= 15 is 0 Å². The first-order valence-corrected chi connectivity index (χ1v) is 7.94. The van der Waals surface area contributed by atoms with Crippen molar-refractivity contribution in [3.63, 3.8) is 0 Å². The van der Waals surface area contributed by atoms with Crippen molar-refractivity contribution in [3.8, 4) is 5.75 Å². The SMILES string of the molecule is COc1ccc(C2=NO[C@H](CNCc3cccc(Cl)c3)C2)cc1. The summed E-state index contributed by atoms with van der Waals surface area (Å²) in [5.74, 6) is 0.841. The maximum absolute atomic E-state index is 5.98. The van der Waals surface area contributed by atoms with E-state index in [1.54, 1.807) is 7.11 Å². The quantitative estimate of drug-likeness (QED) is 0.879. The molecule has 120 valence electrons. The largest absolute Gasteiger partial charge is 0.497 e. The maximum Gasteiger partial charge on any atom is 0.145 e. The molecule has 0 saturated heterocycles. The molecule has 0 bridgehead atoms. The van der Waals surface area contributed by atoms with Gasteiger partial charge in [-0.1, -0.05) is 28.9 Å². The Morgan fingerprint density at radius 2 is 2.09 bits per heavy atom. The molecule has 1 atom stereocenters. The molecule has 0 aromatic heterocycles. The van der Waals surface area contributed by atoms with E-state index in [4.69, 9.17) is 21.2 Å². The summed E-state index contributed by atoms with van der Waals surface area (Å²) >= 11 is 5.98. The molecule has 0 radical (unpaired) electrons. The van der Waals surface area contributed by atoms with Gasteiger partial charge in [0.1, 0.15) is 11.9 Å². The number of hydrogen-bond donors (Lipinski definition) is 1. The smallest absolute Gasteiger partial charge is 0.145 e. The highest BCUT2D eigenvalue weighted by Gasteiger charge is 2.21. The molecule has 3 rings (SSSR count). The summed E-state index contributed by atoms with van der Waals surface area (Å²) in [5, 5.41) is 8.34. The highest BCUT2D eigenvalue weighted by atomic mass is 35.5. The number of nitrogens with one attached hydrogen (secondary N) is 1. The molecule has 1 heterocycles. The number of nitrogens with zero attached hydrogens (tertiary/aromatic N) is 1. The van der Waals surface area contributed by atoms with Crippen molar-refractivity contribution in [1.82, 2.24) is 5.32 Å². The summed E-state index contributed by atoms with van der Waals surface area (Å²) in [5.41, 5.74) is 3.21. The van der Waals surface area contributed by atoms with Crippen LogP contribution in [0.15, 0.2) is 53.7 Å². The summed E-state index contributed by atoms with van der Waals surface area (Å²) in [7, 11) is 1.66. The maximum atomic E-state index is 5.98. The van der Waals surface area contributed by atoms with Crippen LogP contribution in [0.2, 0.25) is 5.02 Å². The van der Waals surface area contributed by atoms with E-state index in [0.717, 1.165) is 47.1 Å². The van der Waals surface area contributed by atoms with Crippen LogP contribution in [-0.4, -0.2) is 25.5 Å². The van der Waals surface area contributed by atoms with Crippen LogP contribution >= 0.6 is 11.6 Å². The summed E-state index contributed by atoms with van der Waals surface area (Å²) < 4.78 is 5.17. The number of hydrogen-bond acceptors (Lipinski definition) is 4. The van der Waals surface area contributed by atoms with Crippen molar-refractivity contribution in [1.29, 1.82) is 0 Å². The van der Waals surface area contributed by atoms with Crippen LogP contribution in [0.25, 0.3) is 0 Å². The Bertz CT molecular complexity index is 686. The minimum Gasteiger partial charge on any atom is -0.497 e. The Morgan fingerprint density at radius 1 is 1.26 bits per heavy atom. The number of ether oxygens (including phenoxy) is 1. The number of methoxy groups -OCH3 is 1. The highest BCUT2D eigenvalue weighted by molar-refractivity contribution is 6.30. The predicted octanol–water partition coefficient (Wildman–Crippen LogP) is 3.63. The average molecular weight is 331 g/mol. The lowest BCUT2D eigenvalue weighted by molar-refractivity contribution is 0.0848.